The van der Waals surface area contributed by atoms with E-state index in [0.29, 0.717) is 54.2 Å². The fraction of sp³-hybridized carbons (Fsp3) is 0.360. The molecule has 0 aliphatic heterocycles. The highest BCUT2D eigenvalue weighted by molar-refractivity contribution is 5.90. The molecule has 0 saturated heterocycles. The third kappa shape index (κ3) is 8.57. The van der Waals surface area contributed by atoms with Gasteiger partial charge in [0.05, 0.1) is 17.9 Å². The molecule has 0 fully saturated rings. The van der Waals surface area contributed by atoms with Crippen LogP contribution in [0.1, 0.15) is 32.8 Å². The number of halogens is 1. The van der Waals surface area contributed by atoms with Gasteiger partial charge in [0.2, 0.25) is 0 Å². The largest absolute Gasteiger partial charge is 0.491 e. The maximum Gasteiger partial charge on any atom is 0.319 e. The highest BCUT2D eigenvalue weighted by Gasteiger charge is 2.15. The lowest BCUT2D eigenvalue weighted by Gasteiger charge is -2.15. The summed E-state index contributed by atoms with van der Waals surface area (Å²) < 4.78 is 25.4. The quantitative estimate of drug-likeness (QED) is 0.277. The van der Waals surface area contributed by atoms with Gasteiger partial charge in [0.25, 0.3) is 0 Å². The average molecular weight is 457 g/mol. The summed E-state index contributed by atoms with van der Waals surface area (Å²) in [7, 11) is 1.57. The van der Waals surface area contributed by atoms with Crippen molar-refractivity contribution in [3.8, 4) is 5.75 Å². The topological polar surface area (TPSA) is 84.0 Å². The minimum atomic E-state index is -0.501. The van der Waals surface area contributed by atoms with Gasteiger partial charge < -0.3 is 25.4 Å². The van der Waals surface area contributed by atoms with Gasteiger partial charge in [-0.3, -0.25) is 4.99 Å². The van der Waals surface area contributed by atoms with Gasteiger partial charge in [-0.05, 0) is 43.5 Å². The number of urea groups is 1. The molecule has 0 aromatic heterocycles. The summed E-state index contributed by atoms with van der Waals surface area (Å²) >= 11 is 0. The van der Waals surface area contributed by atoms with Crippen LogP contribution in [0.15, 0.2) is 48.0 Å². The van der Waals surface area contributed by atoms with E-state index in [2.05, 4.69) is 41.4 Å². The molecule has 0 spiro atoms. The molecule has 0 radical (unpaired) electrons. The van der Waals surface area contributed by atoms with E-state index >= 15 is 0 Å². The number of aliphatic imine (C=N–C) groups is 1. The van der Waals surface area contributed by atoms with E-state index in [0.717, 1.165) is 6.42 Å². The SMILES string of the molecule is C=C(Nc1ccc(NC(=O)NCCC(C)C)cc1)c1c(F)cc(OCCOC)cc1N=CC. The molecule has 0 heterocycles. The Morgan fingerprint density at radius 3 is 2.42 bits per heavy atom. The van der Waals surface area contributed by atoms with Gasteiger partial charge in [0.15, 0.2) is 0 Å². The zero-order valence-electron chi connectivity index (χ0n) is 19.7. The first-order chi connectivity index (χ1) is 15.8. The molecule has 0 bridgehead atoms. The molecule has 7 nitrogen and oxygen atoms in total. The molecule has 2 amide bonds. The Balaban J connectivity index is 2.06. The molecule has 0 unspecified atom stereocenters. The zero-order valence-corrected chi connectivity index (χ0v) is 19.7. The highest BCUT2D eigenvalue weighted by atomic mass is 19.1. The number of ether oxygens (including phenoxy) is 2. The van der Waals surface area contributed by atoms with Crippen LogP contribution in [0.4, 0.5) is 26.2 Å². The van der Waals surface area contributed by atoms with Crippen LogP contribution in [0, 0.1) is 11.7 Å². The monoisotopic (exact) mass is 456 g/mol. The second-order valence-corrected chi connectivity index (χ2v) is 7.77. The lowest BCUT2D eigenvalue weighted by Crippen LogP contribution is -2.30. The number of carbonyl (C=O) groups excluding carboxylic acids is 1. The van der Waals surface area contributed by atoms with Crippen molar-refractivity contribution in [2.75, 3.05) is 37.5 Å². The maximum atomic E-state index is 14.9. The summed E-state index contributed by atoms with van der Waals surface area (Å²) in [6, 6.07) is 9.77. The number of nitrogens with one attached hydrogen (secondary N) is 3. The summed E-state index contributed by atoms with van der Waals surface area (Å²) in [4.78, 5) is 16.2. The number of methoxy groups -OCH3 is 1. The molecule has 0 saturated carbocycles. The van der Waals surface area contributed by atoms with Crippen LogP contribution in [-0.4, -0.2) is 39.1 Å². The van der Waals surface area contributed by atoms with E-state index in [4.69, 9.17) is 9.47 Å². The first kappa shape index (κ1) is 25.9. The Hall–Kier alpha value is -3.39. The average Bonchev–Trinajstić information content (AvgIpc) is 2.75. The van der Waals surface area contributed by atoms with Crippen molar-refractivity contribution in [1.29, 1.82) is 0 Å². The zero-order chi connectivity index (χ0) is 24.2. The van der Waals surface area contributed by atoms with Crippen LogP contribution in [0.2, 0.25) is 0 Å². The normalized spacial score (nSPS) is 11.0. The van der Waals surface area contributed by atoms with E-state index in [1.54, 1.807) is 50.6 Å². The molecule has 0 aliphatic carbocycles. The number of hydrogen-bond donors (Lipinski definition) is 3. The third-order valence-corrected chi connectivity index (χ3v) is 4.61. The second-order valence-electron chi connectivity index (χ2n) is 7.77. The molecule has 178 valence electrons. The van der Waals surface area contributed by atoms with Crippen molar-refractivity contribution >= 4 is 35.0 Å². The first-order valence-electron chi connectivity index (χ1n) is 10.9. The standard InChI is InChI=1S/C25H33FN4O3/c1-6-27-23-16-21(33-14-13-32-5)15-22(26)24(23)18(4)29-19-7-9-20(10-8-19)30-25(31)28-12-11-17(2)3/h6-10,15-17,29H,4,11-14H2,1-3,5H3,(H2,28,30,31). The minimum absolute atomic E-state index is 0.249. The lowest BCUT2D eigenvalue weighted by atomic mass is 10.1. The van der Waals surface area contributed by atoms with Crippen molar-refractivity contribution in [2.24, 2.45) is 10.9 Å². The highest BCUT2D eigenvalue weighted by Crippen LogP contribution is 2.33. The molecule has 0 atom stereocenters. The Labute approximate surface area is 195 Å². The van der Waals surface area contributed by atoms with Crippen molar-refractivity contribution in [2.45, 2.75) is 27.2 Å². The lowest BCUT2D eigenvalue weighted by molar-refractivity contribution is 0.146. The van der Waals surface area contributed by atoms with Gasteiger partial charge >= 0.3 is 6.03 Å². The van der Waals surface area contributed by atoms with E-state index in [9.17, 15) is 9.18 Å². The van der Waals surface area contributed by atoms with Gasteiger partial charge in [0, 0.05) is 49.1 Å². The summed E-state index contributed by atoms with van der Waals surface area (Å²) in [5, 5.41) is 8.71. The van der Waals surface area contributed by atoms with Gasteiger partial charge in [0.1, 0.15) is 18.2 Å². The van der Waals surface area contributed by atoms with Crippen LogP contribution < -0.4 is 20.7 Å². The molecular formula is C25H33FN4O3. The van der Waals surface area contributed by atoms with Gasteiger partial charge in [-0.15, -0.1) is 0 Å². The Morgan fingerprint density at radius 1 is 1.15 bits per heavy atom. The van der Waals surface area contributed by atoms with Gasteiger partial charge in [-0.2, -0.15) is 0 Å². The number of hydrogen-bond acceptors (Lipinski definition) is 5. The van der Waals surface area contributed by atoms with E-state index < -0.39 is 5.82 Å². The minimum Gasteiger partial charge on any atom is -0.491 e. The molecule has 33 heavy (non-hydrogen) atoms. The number of anilines is 2. The van der Waals surface area contributed by atoms with E-state index in [1.165, 1.54) is 6.07 Å². The van der Waals surface area contributed by atoms with Crippen molar-refractivity contribution in [3.63, 3.8) is 0 Å². The second kappa shape index (κ2) is 13.2. The molecule has 2 aromatic carbocycles. The summed E-state index contributed by atoms with van der Waals surface area (Å²) in [6.45, 7) is 11.3. The molecule has 2 rings (SSSR count). The molecular weight excluding hydrogens is 423 g/mol. The smallest absolute Gasteiger partial charge is 0.319 e. The number of nitrogens with zero attached hydrogens (tertiary/aromatic N) is 1. The number of amides is 2. The first-order valence-corrected chi connectivity index (χ1v) is 10.9. The fourth-order valence-electron chi connectivity index (χ4n) is 2.96. The Kier molecular flexibility index (Phi) is 10.4. The van der Waals surface area contributed by atoms with Crippen LogP contribution in [-0.2, 0) is 4.74 Å². The van der Waals surface area contributed by atoms with Crippen LogP contribution in [0.25, 0.3) is 5.70 Å². The predicted molar refractivity (Wildman–Crippen MR) is 133 cm³/mol. The summed E-state index contributed by atoms with van der Waals surface area (Å²) in [5.74, 6) is 0.389. The fourth-order valence-corrected chi connectivity index (χ4v) is 2.96. The van der Waals surface area contributed by atoms with Crippen molar-refractivity contribution in [1.82, 2.24) is 5.32 Å². The third-order valence-electron chi connectivity index (χ3n) is 4.61. The maximum absolute atomic E-state index is 14.9. The number of rotatable bonds is 12. The summed E-state index contributed by atoms with van der Waals surface area (Å²) in [6.07, 6.45) is 2.50. The van der Waals surface area contributed by atoms with Gasteiger partial charge in [-0.1, -0.05) is 20.4 Å². The van der Waals surface area contributed by atoms with Gasteiger partial charge in [-0.25, -0.2) is 9.18 Å². The number of carbonyl (C=O) groups is 1. The van der Waals surface area contributed by atoms with Crippen molar-refractivity contribution in [3.05, 3.63) is 54.4 Å². The van der Waals surface area contributed by atoms with E-state index in [-0.39, 0.29) is 11.6 Å². The molecule has 0 aliphatic rings. The molecule has 2 aromatic rings. The molecule has 8 heteroatoms. The van der Waals surface area contributed by atoms with Crippen LogP contribution >= 0.6 is 0 Å². The Bertz CT molecular complexity index is 959. The predicted octanol–water partition coefficient (Wildman–Crippen LogP) is 5.82. The number of benzene rings is 2. The summed E-state index contributed by atoms with van der Waals surface area (Å²) in [5.41, 5.74) is 2.34. The Morgan fingerprint density at radius 2 is 1.82 bits per heavy atom. The van der Waals surface area contributed by atoms with Crippen molar-refractivity contribution < 1.29 is 18.7 Å². The van der Waals surface area contributed by atoms with E-state index in [1.807, 2.05) is 0 Å². The molecule has 3 N–H and O–H groups in total. The van der Waals surface area contributed by atoms with Crippen LogP contribution in [0.3, 0.4) is 0 Å². The van der Waals surface area contributed by atoms with Crippen LogP contribution in [0.5, 0.6) is 5.75 Å².